The Labute approximate surface area is 211 Å². The number of piperidine rings is 1. The quantitative estimate of drug-likeness (QED) is 0.506. The van der Waals surface area contributed by atoms with Gasteiger partial charge in [0, 0.05) is 11.5 Å². The first-order chi connectivity index (χ1) is 17.4. The average Bonchev–Trinajstić information content (AvgIpc) is 3.78. The zero-order chi connectivity index (χ0) is 26.9. The maximum atomic E-state index is 15.2. The summed E-state index contributed by atoms with van der Waals surface area (Å²) in [4.78, 5) is 27.6. The number of likely N-dealkylation sites (tertiary alicyclic amines) is 1. The van der Waals surface area contributed by atoms with Gasteiger partial charge in [0.2, 0.25) is 5.91 Å². The van der Waals surface area contributed by atoms with Gasteiger partial charge >= 0.3 is 0 Å². The number of benzene rings is 2. The van der Waals surface area contributed by atoms with Crippen molar-refractivity contribution in [3.05, 3.63) is 64.7 Å². The molecule has 2 N–H and O–H groups in total. The summed E-state index contributed by atoms with van der Waals surface area (Å²) in [5.74, 6) is -4.86. The Kier molecular flexibility index (Phi) is 6.12. The standard InChI is InChI=1S/C26H26F4N2O4S/c1-2-37(35,36)16-5-3-4-14(8-16)25(34)32-21(24(31)33)9-15-12-26(15,32)22(13-6-7-13)17-10-20(28)18(23(29)30)11-19(17)27/h3-5,8,10-11,13,15,21-23H,2,6-7,9,12H2,1H3,(H2,31,33)/t15?,21?,22-,26?/m1/s1. The van der Waals surface area contributed by atoms with Crippen LogP contribution in [0.15, 0.2) is 41.3 Å². The molecule has 0 spiro atoms. The van der Waals surface area contributed by atoms with Crippen LogP contribution in [0.2, 0.25) is 0 Å². The van der Waals surface area contributed by atoms with Gasteiger partial charge in [-0.3, -0.25) is 9.59 Å². The van der Waals surface area contributed by atoms with Crippen molar-refractivity contribution in [2.45, 2.75) is 61.4 Å². The van der Waals surface area contributed by atoms with Gasteiger partial charge in [-0.25, -0.2) is 26.0 Å². The minimum absolute atomic E-state index is 0.0296. The highest BCUT2D eigenvalue weighted by Crippen LogP contribution is 2.69. The molecule has 2 aromatic carbocycles. The molecule has 0 bridgehead atoms. The maximum Gasteiger partial charge on any atom is 0.266 e. The third-order valence-corrected chi connectivity index (χ3v) is 9.81. The van der Waals surface area contributed by atoms with Crippen molar-refractivity contribution in [3.63, 3.8) is 0 Å². The van der Waals surface area contributed by atoms with E-state index in [2.05, 4.69) is 0 Å². The molecule has 3 fully saturated rings. The van der Waals surface area contributed by atoms with Crippen LogP contribution in [-0.2, 0) is 14.6 Å². The topological polar surface area (TPSA) is 97.5 Å². The number of hydrogen-bond donors (Lipinski definition) is 1. The van der Waals surface area contributed by atoms with Crippen LogP contribution in [0.4, 0.5) is 17.6 Å². The SMILES string of the molecule is CCS(=O)(=O)c1cccc(C(=O)N2C(C(N)=O)CC3CC32[C@@H](c2cc(F)c(C(F)F)cc2F)C2CC2)c1. The first-order valence-corrected chi connectivity index (χ1v) is 13.8. The number of hydrogen-bond acceptors (Lipinski definition) is 4. The zero-order valence-electron chi connectivity index (χ0n) is 20.0. The van der Waals surface area contributed by atoms with E-state index in [0.717, 1.165) is 6.07 Å². The molecule has 6 nitrogen and oxygen atoms in total. The summed E-state index contributed by atoms with van der Waals surface area (Å²) in [6, 6.07) is 5.75. The summed E-state index contributed by atoms with van der Waals surface area (Å²) in [6.07, 6.45) is -1.20. The summed E-state index contributed by atoms with van der Waals surface area (Å²) in [6.45, 7) is 1.48. The van der Waals surface area contributed by atoms with Crippen molar-refractivity contribution in [3.8, 4) is 0 Å². The monoisotopic (exact) mass is 538 g/mol. The molecule has 0 radical (unpaired) electrons. The number of carbonyl (C=O) groups excluding carboxylic acids is 2. The van der Waals surface area contributed by atoms with Crippen molar-refractivity contribution in [2.24, 2.45) is 17.6 Å². The second-order valence-corrected chi connectivity index (χ2v) is 12.4. The van der Waals surface area contributed by atoms with Crippen LogP contribution < -0.4 is 5.73 Å². The van der Waals surface area contributed by atoms with Crippen molar-refractivity contribution in [1.82, 2.24) is 4.90 Å². The molecular formula is C26H26F4N2O4S. The normalized spacial score (nSPS) is 25.7. The number of alkyl halides is 2. The molecule has 1 saturated heterocycles. The van der Waals surface area contributed by atoms with Gasteiger partial charge in [0.05, 0.1) is 21.8 Å². The number of nitrogens with zero attached hydrogens (tertiary/aromatic N) is 1. The largest absolute Gasteiger partial charge is 0.368 e. The smallest absolute Gasteiger partial charge is 0.266 e. The molecule has 1 heterocycles. The van der Waals surface area contributed by atoms with Gasteiger partial charge in [-0.15, -0.1) is 0 Å². The molecule has 4 atom stereocenters. The molecule has 2 saturated carbocycles. The van der Waals surface area contributed by atoms with Crippen LogP contribution in [-0.4, -0.2) is 42.5 Å². The maximum absolute atomic E-state index is 15.2. The molecule has 2 aromatic rings. The third kappa shape index (κ3) is 4.11. The fraction of sp³-hybridized carbons (Fsp3) is 0.462. The van der Waals surface area contributed by atoms with Crippen molar-refractivity contribution < 1.29 is 35.6 Å². The van der Waals surface area contributed by atoms with E-state index in [4.69, 9.17) is 5.73 Å². The van der Waals surface area contributed by atoms with E-state index in [-0.39, 0.29) is 40.0 Å². The molecule has 2 aliphatic carbocycles. The molecule has 3 aliphatic rings. The molecule has 11 heteroatoms. The van der Waals surface area contributed by atoms with E-state index in [1.165, 1.54) is 36.1 Å². The van der Waals surface area contributed by atoms with Crippen LogP contribution in [0.25, 0.3) is 0 Å². The second kappa shape index (κ2) is 8.82. The van der Waals surface area contributed by atoms with E-state index in [1.54, 1.807) is 0 Å². The van der Waals surface area contributed by atoms with Gasteiger partial charge in [-0.05, 0) is 73.4 Å². The number of primary amides is 1. The highest BCUT2D eigenvalue weighted by molar-refractivity contribution is 7.91. The van der Waals surface area contributed by atoms with E-state index in [1.807, 2.05) is 0 Å². The summed E-state index contributed by atoms with van der Waals surface area (Å²) < 4.78 is 81.0. The lowest BCUT2D eigenvalue weighted by Crippen LogP contribution is -2.53. The molecule has 1 aliphatic heterocycles. The summed E-state index contributed by atoms with van der Waals surface area (Å²) >= 11 is 0. The van der Waals surface area contributed by atoms with E-state index >= 15 is 4.39 Å². The summed E-state index contributed by atoms with van der Waals surface area (Å²) in [7, 11) is -3.63. The fourth-order valence-corrected chi connectivity index (χ4v) is 7.09. The minimum atomic E-state index is -3.63. The molecule has 2 amide bonds. The van der Waals surface area contributed by atoms with Crippen LogP contribution in [0.1, 0.15) is 66.4 Å². The van der Waals surface area contributed by atoms with E-state index in [0.29, 0.717) is 25.3 Å². The second-order valence-electron chi connectivity index (χ2n) is 10.2. The lowest BCUT2D eigenvalue weighted by atomic mass is 9.82. The van der Waals surface area contributed by atoms with Gasteiger partial charge in [0.15, 0.2) is 9.84 Å². The van der Waals surface area contributed by atoms with Crippen molar-refractivity contribution in [1.29, 1.82) is 0 Å². The number of halogens is 4. The lowest BCUT2D eigenvalue weighted by molar-refractivity contribution is -0.122. The van der Waals surface area contributed by atoms with Gasteiger partial charge in [-0.2, -0.15) is 0 Å². The third-order valence-electron chi connectivity index (χ3n) is 8.07. The van der Waals surface area contributed by atoms with Crippen LogP contribution in [0.3, 0.4) is 0 Å². The first kappa shape index (κ1) is 25.7. The average molecular weight is 539 g/mol. The Morgan fingerprint density at radius 2 is 1.76 bits per heavy atom. The summed E-state index contributed by atoms with van der Waals surface area (Å²) in [5, 5.41) is 0. The van der Waals surface area contributed by atoms with Crippen LogP contribution >= 0.6 is 0 Å². The molecule has 37 heavy (non-hydrogen) atoms. The molecule has 3 unspecified atom stereocenters. The van der Waals surface area contributed by atoms with Gasteiger partial charge in [0.1, 0.15) is 17.7 Å². The van der Waals surface area contributed by atoms with Gasteiger partial charge < -0.3 is 10.6 Å². The van der Waals surface area contributed by atoms with Gasteiger partial charge in [0.25, 0.3) is 12.3 Å². The van der Waals surface area contributed by atoms with E-state index in [9.17, 15) is 31.2 Å². The lowest BCUT2D eigenvalue weighted by Gasteiger charge is -2.39. The number of fused-ring (bicyclic) bond motifs is 1. The Morgan fingerprint density at radius 3 is 2.35 bits per heavy atom. The van der Waals surface area contributed by atoms with Crippen LogP contribution in [0.5, 0.6) is 0 Å². The molecule has 5 rings (SSSR count). The van der Waals surface area contributed by atoms with E-state index < -0.39 is 62.8 Å². The highest BCUT2D eigenvalue weighted by atomic mass is 32.2. The number of nitrogens with two attached hydrogens (primary N) is 1. The number of sulfone groups is 1. The predicted molar refractivity (Wildman–Crippen MR) is 126 cm³/mol. The van der Waals surface area contributed by atoms with Gasteiger partial charge in [-0.1, -0.05) is 13.0 Å². The van der Waals surface area contributed by atoms with Crippen molar-refractivity contribution >= 4 is 21.7 Å². The molecule has 198 valence electrons. The predicted octanol–water partition coefficient (Wildman–Crippen LogP) is 4.35. The number of rotatable bonds is 8. The molecular weight excluding hydrogens is 512 g/mol. The Hall–Kier alpha value is -2.95. The Bertz CT molecular complexity index is 1390. The Morgan fingerprint density at radius 1 is 1.11 bits per heavy atom. The Balaban J connectivity index is 1.61. The molecule has 0 aromatic heterocycles. The summed E-state index contributed by atoms with van der Waals surface area (Å²) in [5.41, 5.74) is 3.49. The fourth-order valence-electron chi connectivity index (χ4n) is 6.16. The highest BCUT2D eigenvalue weighted by Gasteiger charge is 2.73. The number of amides is 2. The van der Waals surface area contributed by atoms with Crippen molar-refractivity contribution in [2.75, 3.05) is 5.75 Å². The first-order valence-electron chi connectivity index (χ1n) is 12.1. The number of carbonyl (C=O) groups is 2. The zero-order valence-corrected chi connectivity index (χ0v) is 20.8. The minimum Gasteiger partial charge on any atom is -0.368 e. The van der Waals surface area contributed by atoms with Crippen LogP contribution in [0, 0.1) is 23.5 Å².